The van der Waals surface area contributed by atoms with E-state index in [1.54, 1.807) is 64.1 Å². The lowest BCUT2D eigenvalue weighted by atomic mass is 9.89. The molecule has 30 heavy (non-hydrogen) atoms. The molecule has 8 nitrogen and oxygen atoms in total. The number of carbonyl (C=O) groups excluding carboxylic acids is 2. The molecule has 8 heteroatoms. The fraction of sp³-hybridized carbons (Fsp3) is 0.364. The minimum atomic E-state index is -1.16. The molecular weight excluding hydrogens is 388 g/mol. The second-order valence-electron chi connectivity index (χ2n) is 8.34. The van der Waals surface area contributed by atoms with Crippen molar-refractivity contribution in [3.63, 3.8) is 0 Å². The van der Waals surface area contributed by atoms with Gasteiger partial charge >= 0.3 is 6.09 Å². The van der Waals surface area contributed by atoms with Crippen LogP contribution >= 0.6 is 0 Å². The number of ether oxygens (including phenoxy) is 2. The van der Waals surface area contributed by atoms with Gasteiger partial charge in [0.1, 0.15) is 11.2 Å². The zero-order valence-electron chi connectivity index (χ0n) is 17.3. The highest BCUT2D eigenvalue weighted by Gasteiger charge is 2.47. The molecule has 3 rings (SSSR count). The number of nitrogens with zero attached hydrogens (tertiary/aromatic N) is 2. The lowest BCUT2D eigenvalue weighted by Crippen LogP contribution is -2.52. The highest BCUT2D eigenvalue weighted by atomic mass is 16.6. The Balaban J connectivity index is 2.03. The Bertz CT molecular complexity index is 969. The molecule has 0 aliphatic carbocycles. The van der Waals surface area contributed by atoms with E-state index < -0.39 is 34.4 Å². The van der Waals surface area contributed by atoms with E-state index in [0.29, 0.717) is 11.1 Å². The highest BCUT2D eigenvalue weighted by molar-refractivity contribution is 5.93. The Morgan fingerprint density at radius 2 is 1.87 bits per heavy atom. The second-order valence-corrected chi connectivity index (χ2v) is 8.34. The molecule has 0 N–H and O–H groups in total. The largest absolute Gasteiger partial charge is 0.443 e. The molecule has 0 bridgehead atoms. The highest BCUT2D eigenvalue weighted by Crippen LogP contribution is 2.43. The Hall–Kier alpha value is -3.26. The SMILES string of the molecule is CC(C)(C)OC(=O)N1C(=O)CC(C)(c2cccc([N+](=O)[O-])c2)O[C@@H]1c1ccccc1. The van der Waals surface area contributed by atoms with Crippen molar-refractivity contribution in [2.24, 2.45) is 0 Å². The van der Waals surface area contributed by atoms with Crippen LogP contribution in [0.4, 0.5) is 10.5 Å². The van der Waals surface area contributed by atoms with Gasteiger partial charge < -0.3 is 9.47 Å². The van der Waals surface area contributed by atoms with Gasteiger partial charge in [-0.2, -0.15) is 0 Å². The van der Waals surface area contributed by atoms with Crippen molar-refractivity contribution < 1.29 is 24.0 Å². The number of hydrogen-bond acceptors (Lipinski definition) is 6. The summed E-state index contributed by atoms with van der Waals surface area (Å²) >= 11 is 0. The summed E-state index contributed by atoms with van der Waals surface area (Å²) < 4.78 is 11.7. The van der Waals surface area contributed by atoms with Gasteiger partial charge in [-0.3, -0.25) is 14.9 Å². The van der Waals surface area contributed by atoms with Crippen LogP contribution < -0.4 is 0 Å². The van der Waals surface area contributed by atoms with Gasteiger partial charge in [-0.25, -0.2) is 9.69 Å². The first-order valence-corrected chi connectivity index (χ1v) is 9.53. The van der Waals surface area contributed by atoms with Gasteiger partial charge in [0.2, 0.25) is 5.91 Å². The zero-order valence-corrected chi connectivity index (χ0v) is 17.3. The summed E-state index contributed by atoms with van der Waals surface area (Å²) in [5, 5.41) is 11.2. The summed E-state index contributed by atoms with van der Waals surface area (Å²) in [5.41, 5.74) is -0.986. The summed E-state index contributed by atoms with van der Waals surface area (Å²) in [6.07, 6.45) is -2.01. The van der Waals surface area contributed by atoms with Crippen LogP contribution in [0.3, 0.4) is 0 Å². The first kappa shape index (κ1) is 21.4. The fourth-order valence-corrected chi connectivity index (χ4v) is 3.31. The predicted molar refractivity (Wildman–Crippen MR) is 108 cm³/mol. The van der Waals surface area contributed by atoms with E-state index in [1.165, 1.54) is 12.1 Å². The second kappa shape index (κ2) is 7.87. The first-order valence-electron chi connectivity index (χ1n) is 9.53. The number of imide groups is 1. The molecule has 2 aromatic rings. The molecule has 1 saturated heterocycles. The van der Waals surface area contributed by atoms with Crippen LogP contribution in [-0.4, -0.2) is 27.4 Å². The van der Waals surface area contributed by atoms with Crippen molar-refractivity contribution in [2.45, 2.75) is 51.5 Å². The Kier molecular flexibility index (Phi) is 5.63. The van der Waals surface area contributed by atoms with Crippen LogP contribution in [0.2, 0.25) is 0 Å². The number of hydrogen-bond donors (Lipinski definition) is 0. The summed E-state index contributed by atoms with van der Waals surface area (Å²) in [7, 11) is 0. The van der Waals surface area contributed by atoms with Crippen molar-refractivity contribution in [3.8, 4) is 0 Å². The van der Waals surface area contributed by atoms with Gasteiger partial charge in [0.15, 0.2) is 6.23 Å². The van der Waals surface area contributed by atoms with Crippen molar-refractivity contribution >= 4 is 17.7 Å². The van der Waals surface area contributed by atoms with Crippen molar-refractivity contribution in [1.82, 2.24) is 4.90 Å². The molecule has 0 aromatic heterocycles. The van der Waals surface area contributed by atoms with E-state index in [0.717, 1.165) is 4.90 Å². The molecule has 2 atom stereocenters. The van der Waals surface area contributed by atoms with Crippen LogP contribution in [0.1, 0.15) is 51.5 Å². The number of nitro groups is 1. The summed E-state index contributed by atoms with van der Waals surface area (Å²) in [5.74, 6) is -0.488. The third-order valence-electron chi connectivity index (χ3n) is 4.71. The van der Waals surface area contributed by atoms with Crippen molar-refractivity contribution in [2.75, 3.05) is 0 Å². The topological polar surface area (TPSA) is 99.0 Å². The smallest absolute Gasteiger partial charge is 0.419 e. The van der Waals surface area contributed by atoms with Crippen LogP contribution in [0.15, 0.2) is 54.6 Å². The quantitative estimate of drug-likeness (QED) is 0.535. The van der Waals surface area contributed by atoms with E-state index in [4.69, 9.17) is 9.47 Å². The van der Waals surface area contributed by atoms with Crippen molar-refractivity contribution in [1.29, 1.82) is 0 Å². The van der Waals surface area contributed by atoms with Crippen LogP contribution in [0.5, 0.6) is 0 Å². The van der Waals surface area contributed by atoms with E-state index in [-0.39, 0.29) is 12.1 Å². The number of amides is 2. The number of nitro benzene ring substituents is 1. The summed E-state index contributed by atoms with van der Waals surface area (Å²) in [6.45, 7) is 6.83. The molecule has 0 radical (unpaired) electrons. The molecule has 0 saturated carbocycles. The maximum Gasteiger partial charge on any atom is 0.419 e. The number of rotatable bonds is 3. The molecule has 1 heterocycles. The molecule has 2 aromatic carbocycles. The van der Waals surface area contributed by atoms with Gasteiger partial charge in [-0.15, -0.1) is 0 Å². The van der Waals surface area contributed by atoms with Crippen LogP contribution in [0.25, 0.3) is 0 Å². The Morgan fingerprint density at radius 1 is 1.20 bits per heavy atom. The average Bonchev–Trinajstić information content (AvgIpc) is 2.66. The number of carbonyl (C=O) groups is 2. The van der Waals surface area contributed by atoms with E-state index in [2.05, 4.69) is 0 Å². The minimum absolute atomic E-state index is 0.101. The van der Waals surface area contributed by atoms with Crippen LogP contribution in [0, 0.1) is 10.1 Å². The first-order chi connectivity index (χ1) is 14.0. The van der Waals surface area contributed by atoms with Gasteiger partial charge in [-0.1, -0.05) is 42.5 Å². The third kappa shape index (κ3) is 4.49. The van der Waals surface area contributed by atoms with Crippen LogP contribution in [-0.2, 0) is 19.9 Å². The van der Waals surface area contributed by atoms with Gasteiger partial charge in [0.05, 0.1) is 11.3 Å². The lowest BCUT2D eigenvalue weighted by molar-refractivity contribution is -0.385. The molecule has 1 fully saturated rings. The average molecular weight is 412 g/mol. The fourth-order valence-electron chi connectivity index (χ4n) is 3.31. The normalized spacial score (nSPS) is 21.9. The van der Waals surface area contributed by atoms with Gasteiger partial charge in [0, 0.05) is 17.7 Å². The number of benzene rings is 2. The lowest BCUT2D eigenvalue weighted by Gasteiger charge is -2.44. The number of non-ortho nitro benzene ring substituents is 1. The third-order valence-corrected chi connectivity index (χ3v) is 4.71. The molecular formula is C22H24N2O6. The van der Waals surface area contributed by atoms with Crippen molar-refractivity contribution in [3.05, 3.63) is 75.8 Å². The van der Waals surface area contributed by atoms with E-state index in [1.807, 2.05) is 6.07 Å². The maximum absolute atomic E-state index is 13.1. The zero-order chi connectivity index (χ0) is 22.1. The maximum atomic E-state index is 13.1. The molecule has 0 spiro atoms. The predicted octanol–water partition coefficient (Wildman–Crippen LogP) is 4.69. The minimum Gasteiger partial charge on any atom is -0.443 e. The monoisotopic (exact) mass is 412 g/mol. The molecule has 1 unspecified atom stereocenters. The van der Waals surface area contributed by atoms with Gasteiger partial charge in [0.25, 0.3) is 5.69 Å². The standard InChI is InChI=1S/C22H24N2O6/c1-21(2,3)30-20(26)23-18(25)14-22(4,16-11-8-12-17(13-16)24(27)28)29-19(23)15-9-6-5-7-10-15/h5-13,19H,14H2,1-4H3/t19-,22?/m1/s1. The molecule has 158 valence electrons. The Morgan fingerprint density at radius 3 is 2.47 bits per heavy atom. The van der Waals surface area contributed by atoms with E-state index >= 15 is 0 Å². The molecule has 2 amide bonds. The van der Waals surface area contributed by atoms with Gasteiger partial charge in [-0.05, 0) is 33.3 Å². The van der Waals surface area contributed by atoms with E-state index in [9.17, 15) is 19.7 Å². The Labute approximate surface area is 174 Å². The molecule has 1 aliphatic heterocycles. The molecule has 1 aliphatic rings. The summed E-state index contributed by atoms with van der Waals surface area (Å²) in [4.78, 5) is 37.6. The summed E-state index contributed by atoms with van der Waals surface area (Å²) in [6, 6.07) is 14.8.